The summed E-state index contributed by atoms with van der Waals surface area (Å²) in [7, 11) is 0. The summed E-state index contributed by atoms with van der Waals surface area (Å²) in [5.74, 6) is -0.219. The highest BCUT2D eigenvalue weighted by atomic mass is 79.9. The molecule has 0 fully saturated rings. The average molecular weight is 353 g/mol. The van der Waals surface area contributed by atoms with E-state index in [1.165, 1.54) is 35.2 Å². The molecule has 0 amide bonds. The summed E-state index contributed by atoms with van der Waals surface area (Å²) in [5, 5.41) is 3.37. The Labute approximate surface area is 130 Å². The molecule has 0 bridgehead atoms. The van der Waals surface area contributed by atoms with E-state index in [1.54, 1.807) is 12.1 Å². The number of hydrogen-bond donors (Lipinski definition) is 2. The van der Waals surface area contributed by atoms with Gasteiger partial charge in [-0.3, -0.25) is 0 Å². The van der Waals surface area contributed by atoms with Gasteiger partial charge in [-0.15, -0.1) is 0 Å². The van der Waals surface area contributed by atoms with Gasteiger partial charge >= 0.3 is 0 Å². The van der Waals surface area contributed by atoms with E-state index in [2.05, 4.69) is 38.1 Å². The minimum atomic E-state index is -0.219. The monoisotopic (exact) mass is 352 g/mol. The fourth-order valence-corrected chi connectivity index (χ4v) is 3.55. The van der Waals surface area contributed by atoms with E-state index in [-0.39, 0.29) is 5.82 Å². The van der Waals surface area contributed by atoms with Crippen LogP contribution in [0.4, 0.5) is 10.1 Å². The SMILES string of the molecule is Fc1ccc(NSc2cc3c(cc2Br)CNCC3)cc1. The summed E-state index contributed by atoms with van der Waals surface area (Å²) in [6.07, 6.45) is 1.06. The minimum Gasteiger partial charge on any atom is -0.326 e. The van der Waals surface area contributed by atoms with Crippen molar-refractivity contribution in [3.8, 4) is 0 Å². The molecule has 2 aromatic carbocycles. The Morgan fingerprint density at radius 2 is 1.95 bits per heavy atom. The molecule has 1 aliphatic heterocycles. The van der Waals surface area contributed by atoms with Crippen LogP contribution in [0.25, 0.3) is 0 Å². The van der Waals surface area contributed by atoms with Crippen LogP contribution < -0.4 is 10.0 Å². The lowest BCUT2D eigenvalue weighted by molar-refractivity contribution is 0.628. The molecule has 0 unspecified atom stereocenters. The lowest BCUT2D eigenvalue weighted by Gasteiger charge is -2.19. The lowest BCUT2D eigenvalue weighted by Crippen LogP contribution is -2.23. The quantitative estimate of drug-likeness (QED) is 0.802. The molecule has 2 nitrogen and oxygen atoms in total. The van der Waals surface area contributed by atoms with Crippen LogP contribution in [0.15, 0.2) is 45.8 Å². The number of rotatable bonds is 3. The molecule has 0 aliphatic carbocycles. The molecule has 0 radical (unpaired) electrons. The van der Waals surface area contributed by atoms with Crippen LogP contribution in [0.1, 0.15) is 11.1 Å². The molecule has 1 aliphatic rings. The molecule has 0 saturated heterocycles. The standard InChI is InChI=1S/C15H14BrFN2S/c16-14-7-11-9-18-6-5-10(11)8-15(14)20-19-13-3-1-12(17)2-4-13/h1-4,7-8,18-19H,5-6,9H2. The Hall–Kier alpha value is -1.04. The summed E-state index contributed by atoms with van der Waals surface area (Å²) in [4.78, 5) is 1.15. The number of halogens is 2. The van der Waals surface area contributed by atoms with Crippen molar-refractivity contribution in [2.45, 2.75) is 17.9 Å². The third kappa shape index (κ3) is 3.16. The van der Waals surface area contributed by atoms with Crippen molar-refractivity contribution in [1.82, 2.24) is 5.32 Å². The Morgan fingerprint density at radius 3 is 2.75 bits per heavy atom. The first kappa shape index (κ1) is 13.9. The lowest BCUT2D eigenvalue weighted by atomic mass is 10.0. The van der Waals surface area contributed by atoms with Gasteiger partial charge in [0.05, 0.1) is 0 Å². The normalized spacial score (nSPS) is 13.9. The second-order valence-corrected chi connectivity index (χ2v) is 6.39. The topological polar surface area (TPSA) is 24.1 Å². The van der Waals surface area contributed by atoms with Crippen molar-refractivity contribution in [2.24, 2.45) is 0 Å². The number of benzene rings is 2. The van der Waals surface area contributed by atoms with E-state index < -0.39 is 0 Å². The van der Waals surface area contributed by atoms with Crippen LogP contribution in [0.5, 0.6) is 0 Å². The molecule has 0 spiro atoms. The summed E-state index contributed by atoms with van der Waals surface area (Å²) in [6.45, 7) is 1.97. The van der Waals surface area contributed by atoms with Crippen molar-refractivity contribution in [1.29, 1.82) is 0 Å². The number of hydrogen-bond acceptors (Lipinski definition) is 3. The Kier molecular flexibility index (Phi) is 4.29. The van der Waals surface area contributed by atoms with Gasteiger partial charge in [0.15, 0.2) is 0 Å². The largest absolute Gasteiger partial charge is 0.326 e. The summed E-state index contributed by atoms with van der Waals surface area (Å²) < 4.78 is 17.2. The first-order valence-corrected chi connectivity index (χ1v) is 8.04. The van der Waals surface area contributed by atoms with Gasteiger partial charge in [-0.2, -0.15) is 0 Å². The summed E-state index contributed by atoms with van der Waals surface area (Å²) in [5.41, 5.74) is 3.65. The molecular weight excluding hydrogens is 339 g/mol. The van der Waals surface area contributed by atoms with Gasteiger partial charge in [0, 0.05) is 21.6 Å². The van der Waals surface area contributed by atoms with Crippen LogP contribution in [-0.2, 0) is 13.0 Å². The maximum absolute atomic E-state index is 12.9. The summed E-state index contributed by atoms with van der Waals surface area (Å²) in [6, 6.07) is 10.8. The average Bonchev–Trinajstić information content (AvgIpc) is 2.47. The molecule has 0 atom stereocenters. The number of fused-ring (bicyclic) bond motifs is 1. The molecule has 0 aromatic heterocycles. The first-order valence-electron chi connectivity index (χ1n) is 6.43. The molecule has 2 aromatic rings. The Morgan fingerprint density at radius 1 is 1.15 bits per heavy atom. The fraction of sp³-hybridized carbons (Fsp3) is 0.200. The second kappa shape index (κ2) is 6.16. The highest BCUT2D eigenvalue weighted by Gasteiger charge is 2.12. The summed E-state index contributed by atoms with van der Waals surface area (Å²) >= 11 is 5.15. The molecule has 20 heavy (non-hydrogen) atoms. The molecule has 3 rings (SSSR count). The molecule has 104 valence electrons. The van der Waals surface area contributed by atoms with Crippen LogP contribution in [0.2, 0.25) is 0 Å². The minimum absolute atomic E-state index is 0.219. The zero-order valence-electron chi connectivity index (χ0n) is 10.7. The van der Waals surface area contributed by atoms with Crippen molar-refractivity contribution in [3.05, 3.63) is 57.8 Å². The fourth-order valence-electron chi connectivity index (χ4n) is 2.19. The van der Waals surface area contributed by atoms with E-state index >= 15 is 0 Å². The van der Waals surface area contributed by atoms with E-state index in [9.17, 15) is 4.39 Å². The highest BCUT2D eigenvalue weighted by Crippen LogP contribution is 2.32. The van der Waals surface area contributed by atoms with E-state index in [0.717, 1.165) is 34.6 Å². The molecule has 0 saturated carbocycles. The maximum atomic E-state index is 12.9. The van der Waals surface area contributed by atoms with Crippen LogP contribution in [0, 0.1) is 5.82 Å². The van der Waals surface area contributed by atoms with Crippen LogP contribution in [0.3, 0.4) is 0 Å². The number of anilines is 1. The molecule has 2 N–H and O–H groups in total. The Bertz CT molecular complexity index is 616. The van der Waals surface area contributed by atoms with Gasteiger partial charge in [-0.05, 0) is 88.4 Å². The Balaban J connectivity index is 1.75. The van der Waals surface area contributed by atoms with Crippen molar-refractivity contribution in [3.63, 3.8) is 0 Å². The van der Waals surface area contributed by atoms with Gasteiger partial charge < -0.3 is 10.0 Å². The van der Waals surface area contributed by atoms with Gasteiger partial charge in [0.25, 0.3) is 0 Å². The zero-order valence-corrected chi connectivity index (χ0v) is 13.2. The first-order chi connectivity index (χ1) is 9.72. The van der Waals surface area contributed by atoms with Gasteiger partial charge in [-0.1, -0.05) is 0 Å². The molecule has 5 heteroatoms. The van der Waals surface area contributed by atoms with Crippen LogP contribution >= 0.6 is 27.9 Å². The van der Waals surface area contributed by atoms with Crippen molar-refractivity contribution in [2.75, 3.05) is 11.3 Å². The maximum Gasteiger partial charge on any atom is 0.123 e. The predicted octanol–water partition coefficient (Wildman–Crippen LogP) is 4.35. The molecule has 1 heterocycles. The van der Waals surface area contributed by atoms with Crippen molar-refractivity contribution >= 4 is 33.6 Å². The van der Waals surface area contributed by atoms with Crippen molar-refractivity contribution < 1.29 is 4.39 Å². The van der Waals surface area contributed by atoms with Gasteiger partial charge in [-0.25, -0.2) is 4.39 Å². The number of nitrogens with one attached hydrogen (secondary N) is 2. The highest BCUT2D eigenvalue weighted by molar-refractivity contribution is 9.10. The van der Waals surface area contributed by atoms with Crippen LogP contribution in [-0.4, -0.2) is 6.54 Å². The second-order valence-electron chi connectivity index (χ2n) is 4.69. The third-order valence-electron chi connectivity index (χ3n) is 3.26. The van der Waals surface area contributed by atoms with Gasteiger partial charge in [0.1, 0.15) is 5.82 Å². The predicted molar refractivity (Wildman–Crippen MR) is 85.4 cm³/mol. The third-order valence-corrected chi connectivity index (χ3v) is 5.08. The smallest absolute Gasteiger partial charge is 0.123 e. The van der Waals surface area contributed by atoms with E-state index in [0.29, 0.717) is 0 Å². The van der Waals surface area contributed by atoms with Gasteiger partial charge in [0.2, 0.25) is 0 Å². The molecular formula is C15H14BrFN2S. The van der Waals surface area contributed by atoms with E-state index in [4.69, 9.17) is 0 Å². The zero-order chi connectivity index (χ0) is 13.9. The van der Waals surface area contributed by atoms with E-state index in [1.807, 2.05) is 0 Å².